The van der Waals surface area contributed by atoms with E-state index in [1.165, 1.54) is 47.1 Å². The van der Waals surface area contributed by atoms with Crippen molar-refractivity contribution in [1.82, 2.24) is 0 Å². The van der Waals surface area contributed by atoms with Crippen molar-refractivity contribution in [3.8, 4) is 23.0 Å². The van der Waals surface area contributed by atoms with Crippen molar-refractivity contribution in [2.24, 2.45) is 0 Å². The Bertz CT molecular complexity index is 2090. The van der Waals surface area contributed by atoms with Gasteiger partial charge in [0.1, 0.15) is 34.6 Å². The van der Waals surface area contributed by atoms with Gasteiger partial charge < -0.3 is 28.9 Å². The summed E-state index contributed by atoms with van der Waals surface area (Å²) >= 11 is 0. The molecule has 8 heteroatoms. The van der Waals surface area contributed by atoms with Crippen LogP contribution in [-0.4, -0.2) is 42.6 Å². The number of ketones is 3. The van der Waals surface area contributed by atoms with Crippen molar-refractivity contribution in [2.75, 3.05) is 14.2 Å². The number of phenols is 1. The van der Waals surface area contributed by atoms with E-state index in [0.29, 0.717) is 11.3 Å². The van der Waals surface area contributed by atoms with Crippen LogP contribution in [0.5, 0.6) is 23.0 Å². The molecule has 6 aromatic carbocycles. The monoisotopic (exact) mass is 921 g/mol. The van der Waals surface area contributed by atoms with Gasteiger partial charge >= 0.3 is 5.97 Å². The molecule has 0 aliphatic carbocycles. The quantitative estimate of drug-likeness (QED) is 0.0911. The van der Waals surface area contributed by atoms with Gasteiger partial charge in [0.05, 0.1) is 19.8 Å². The summed E-state index contributed by atoms with van der Waals surface area (Å²) in [5.41, 5.74) is 4.35. The number of benzene rings is 6. The Morgan fingerprint density at radius 1 is 0.403 bits per heavy atom. The Labute approximate surface area is 406 Å². The van der Waals surface area contributed by atoms with Gasteiger partial charge in [0, 0.05) is 17.8 Å². The largest absolute Gasteiger partial charge is 0.507 e. The Hall–Kier alpha value is -6.80. The zero-order valence-electron chi connectivity index (χ0n) is 38.4. The number of carbonyl (C=O) groups excluding carboxylic acids is 4. The molecule has 0 spiro atoms. The molecule has 1 N–H and O–H groups in total. The van der Waals surface area contributed by atoms with E-state index in [9.17, 15) is 24.3 Å². The van der Waals surface area contributed by atoms with Gasteiger partial charge in [-0.3, -0.25) is 9.59 Å². The van der Waals surface area contributed by atoms with Crippen LogP contribution in [0.25, 0.3) is 0 Å². The van der Waals surface area contributed by atoms with Gasteiger partial charge in [-0.25, -0.2) is 0 Å². The minimum Gasteiger partial charge on any atom is -0.507 e. The summed E-state index contributed by atoms with van der Waals surface area (Å²) in [4.78, 5) is 41.2. The second-order valence-corrected chi connectivity index (χ2v) is 15.2. The van der Waals surface area contributed by atoms with Crippen molar-refractivity contribution >= 4 is 23.3 Å². The topological polar surface area (TPSA) is 116 Å². The number of Topliss-reactive ketones (excluding diaryl/α,β-unsaturated/α-hetero) is 3. The maximum atomic E-state index is 11.4. The standard InChI is InChI=1S/2C18H20O3.2C6H6.2C3H6O.5CH4/c1-13(19)21-17-11-7-15(8-12-17)18(2,3)14-5-9-16(20-4)10-6-14;1-12(19)16-10-7-14(11-17(16)20)18(2,3)13-5-8-15(21-4)9-6-13;2*1-2-4-6-5-3-1;2*1-3(2)4;;;;;/h5-12H,1-4H3;5-11,20H,1-4H3;2*1-6H;2*1-2H3;5*1H4. The summed E-state index contributed by atoms with van der Waals surface area (Å²) in [6.45, 7) is 17.4. The van der Waals surface area contributed by atoms with Crippen molar-refractivity contribution in [3.05, 3.63) is 192 Å². The molecule has 0 bridgehead atoms. The molecule has 0 aliphatic rings. The molecule has 8 nitrogen and oxygen atoms in total. The van der Waals surface area contributed by atoms with Crippen LogP contribution in [0.2, 0.25) is 0 Å². The molecular formula is C59H84O8. The van der Waals surface area contributed by atoms with E-state index in [1.807, 2.05) is 140 Å². The average molecular weight is 921 g/mol. The summed E-state index contributed by atoms with van der Waals surface area (Å²) in [5, 5.41) is 10.0. The maximum absolute atomic E-state index is 11.4. The van der Waals surface area contributed by atoms with Crippen LogP contribution >= 0.6 is 0 Å². The van der Waals surface area contributed by atoms with Crippen molar-refractivity contribution < 1.29 is 38.5 Å². The fourth-order valence-corrected chi connectivity index (χ4v) is 5.44. The van der Waals surface area contributed by atoms with Crippen LogP contribution in [0, 0.1) is 0 Å². The zero-order valence-corrected chi connectivity index (χ0v) is 38.4. The second-order valence-electron chi connectivity index (χ2n) is 15.2. The molecule has 0 aromatic heterocycles. The lowest BCUT2D eigenvalue weighted by Crippen LogP contribution is -2.19. The molecule has 0 radical (unpaired) electrons. The van der Waals surface area contributed by atoms with Crippen LogP contribution in [0.4, 0.5) is 0 Å². The molecule has 0 saturated heterocycles. The number of rotatable bonds is 8. The van der Waals surface area contributed by atoms with Gasteiger partial charge in [-0.1, -0.05) is 180 Å². The highest BCUT2D eigenvalue weighted by atomic mass is 16.5. The van der Waals surface area contributed by atoms with Gasteiger partial charge in [-0.15, -0.1) is 0 Å². The van der Waals surface area contributed by atoms with Gasteiger partial charge in [-0.2, -0.15) is 0 Å². The molecule has 67 heavy (non-hydrogen) atoms. The fourth-order valence-electron chi connectivity index (χ4n) is 5.44. The molecule has 0 amide bonds. The van der Waals surface area contributed by atoms with Crippen LogP contribution in [0.3, 0.4) is 0 Å². The zero-order chi connectivity index (χ0) is 46.7. The molecule has 6 aromatic rings. The first-order valence-electron chi connectivity index (χ1n) is 20.1. The summed E-state index contributed by atoms with van der Waals surface area (Å²) in [7, 11) is 3.30. The summed E-state index contributed by atoms with van der Waals surface area (Å²) < 4.78 is 15.4. The lowest BCUT2D eigenvalue weighted by atomic mass is 9.77. The van der Waals surface area contributed by atoms with E-state index in [-0.39, 0.29) is 77.0 Å². The van der Waals surface area contributed by atoms with Gasteiger partial charge in [0.15, 0.2) is 5.78 Å². The predicted molar refractivity (Wildman–Crippen MR) is 285 cm³/mol. The summed E-state index contributed by atoms with van der Waals surface area (Å²) in [5.74, 6) is 2.14. The smallest absolute Gasteiger partial charge is 0.308 e. The van der Waals surface area contributed by atoms with E-state index in [2.05, 4.69) is 39.8 Å². The highest BCUT2D eigenvalue weighted by molar-refractivity contribution is 5.96. The minimum atomic E-state index is -0.308. The Balaban J connectivity index is -0.000000258. The molecular weight excluding hydrogens is 837 g/mol. The number of hydrogen-bond donors (Lipinski definition) is 1. The van der Waals surface area contributed by atoms with Gasteiger partial charge in [0.25, 0.3) is 0 Å². The van der Waals surface area contributed by atoms with Crippen molar-refractivity contribution in [1.29, 1.82) is 0 Å². The van der Waals surface area contributed by atoms with Crippen molar-refractivity contribution in [3.63, 3.8) is 0 Å². The maximum Gasteiger partial charge on any atom is 0.308 e. The van der Waals surface area contributed by atoms with Crippen molar-refractivity contribution in [2.45, 2.75) is 117 Å². The lowest BCUT2D eigenvalue weighted by Gasteiger charge is -2.26. The van der Waals surface area contributed by atoms with Gasteiger partial charge in [0.2, 0.25) is 0 Å². The third-order valence-electron chi connectivity index (χ3n) is 8.89. The number of methoxy groups -OCH3 is 2. The first-order valence-corrected chi connectivity index (χ1v) is 20.1. The molecule has 0 heterocycles. The number of phenolic OH excluding ortho intramolecular Hbond substituents is 1. The molecule has 368 valence electrons. The molecule has 0 atom stereocenters. The number of carbonyl (C=O) groups is 4. The van der Waals surface area contributed by atoms with E-state index in [1.54, 1.807) is 26.4 Å². The Morgan fingerprint density at radius 3 is 0.866 bits per heavy atom. The predicted octanol–water partition coefficient (Wildman–Crippen LogP) is 15.6. The van der Waals surface area contributed by atoms with Crippen LogP contribution in [0.1, 0.15) is 139 Å². The lowest BCUT2D eigenvalue weighted by molar-refractivity contribution is -0.132. The molecule has 0 saturated carbocycles. The SMILES string of the molecule is C.C.C.C.C.CC(C)=O.CC(C)=O.COc1ccc(C(C)(C)c2ccc(C(C)=O)c(O)c2)cc1.COc1ccc(C(C)(C)c2ccc(OC(C)=O)cc2)cc1.c1ccccc1.c1ccccc1. The van der Waals surface area contributed by atoms with E-state index in [4.69, 9.17) is 14.2 Å². The third-order valence-corrected chi connectivity index (χ3v) is 8.89. The third kappa shape index (κ3) is 27.3. The summed E-state index contributed by atoms with van der Waals surface area (Å²) in [6, 6.07) is 52.8. The molecule has 0 aliphatic heterocycles. The molecule has 0 unspecified atom stereocenters. The van der Waals surface area contributed by atoms with E-state index in [0.717, 1.165) is 28.2 Å². The number of ether oxygens (including phenoxy) is 3. The first kappa shape index (κ1) is 69.2. The first-order chi connectivity index (χ1) is 29.3. The minimum absolute atomic E-state index is 0. The molecule has 6 rings (SSSR count). The molecule has 0 fully saturated rings. The number of aromatic hydroxyl groups is 1. The van der Waals surface area contributed by atoms with E-state index >= 15 is 0 Å². The highest BCUT2D eigenvalue weighted by Gasteiger charge is 2.25. The Morgan fingerprint density at radius 2 is 0.642 bits per heavy atom. The van der Waals surface area contributed by atoms with E-state index < -0.39 is 0 Å². The van der Waals surface area contributed by atoms with Crippen LogP contribution < -0.4 is 14.2 Å². The number of hydrogen-bond acceptors (Lipinski definition) is 8. The fraction of sp³-hybridized carbons (Fsp3) is 0.322. The van der Waals surface area contributed by atoms with Crippen LogP contribution in [-0.2, 0) is 25.2 Å². The second kappa shape index (κ2) is 36.4. The number of esters is 1. The highest BCUT2D eigenvalue weighted by Crippen LogP contribution is 2.35. The van der Waals surface area contributed by atoms with Crippen LogP contribution in [0.15, 0.2) is 164 Å². The average Bonchev–Trinajstić information content (AvgIpc) is 3.25. The normalized spacial score (nSPS) is 9.19. The Kier molecular flexibility index (Phi) is 37.6. The van der Waals surface area contributed by atoms with Gasteiger partial charge in [-0.05, 0) is 105 Å². The summed E-state index contributed by atoms with van der Waals surface area (Å²) in [6.07, 6.45) is 0.